The second-order valence-corrected chi connectivity index (χ2v) is 6.05. The minimum absolute atomic E-state index is 0.893. The molecule has 4 heteroatoms. The number of aryl methyl sites for hydroxylation is 2. The van der Waals surface area contributed by atoms with Crippen LogP contribution in [-0.4, -0.2) is 23.1 Å². The van der Waals surface area contributed by atoms with Crippen LogP contribution in [0, 0.1) is 0 Å². The van der Waals surface area contributed by atoms with Crippen molar-refractivity contribution in [3.05, 3.63) is 34.5 Å². The maximum Gasteiger partial charge on any atom is 0.169 e. The molecule has 0 saturated carbocycles. The molecule has 2 aromatic heterocycles. The number of rotatable bonds is 8. The van der Waals surface area contributed by atoms with Gasteiger partial charge in [-0.2, -0.15) is 0 Å². The molecule has 1 N–H and O–H groups in total. The highest BCUT2D eigenvalue weighted by Gasteiger charge is 2.13. The van der Waals surface area contributed by atoms with Crippen LogP contribution in [0.25, 0.3) is 10.7 Å². The molecule has 0 unspecified atom stereocenters. The highest BCUT2D eigenvalue weighted by atomic mass is 32.1. The summed E-state index contributed by atoms with van der Waals surface area (Å²) in [6, 6.07) is 4.16. The summed E-state index contributed by atoms with van der Waals surface area (Å²) in [7, 11) is 0. The fraction of sp³-hybridized carbons (Fsp3) is 0.529. The monoisotopic (exact) mass is 303 g/mol. The minimum Gasteiger partial charge on any atom is -0.316 e. The van der Waals surface area contributed by atoms with E-state index < -0.39 is 0 Å². The van der Waals surface area contributed by atoms with Gasteiger partial charge < -0.3 is 5.32 Å². The molecule has 3 nitrogen and oxygen atoms in total. The number of nitrogens with zero attached hydrogens (tertiary/aromatic N) is 2. The highest BCUT2D eigenvalue weighted by Crippen LogP contribution is 2.24. The van der Waals surface area contributed by atoms with Gasteiger partial charge in [-0.25, -0.2) is 9.97 Å². The van der Waals surface area contributed by atoms with E-state index >= 15 is 0 Å². The number of hydrogen-bond acceptors (Lipinski definition) is 4. The van der Waals surface area contributed by atoms with Crippen LogP contribution in [0.4, 0.5) is 0 Å². The van der Waals surface area contributed by atoms with Gasteiger partial charge in [-0.05, 0) is 55.8 Å². The minimum atomic E-state index is 0.893. The molecule has 0 amide bonds. The molecule has 114 valence electrons. The molecular formula is C17H25N3S. The molecular weight excluding hydrogens is 278 g/mol. The molecule has 0 aliphatic carbocycles. The van der Waals surface area contributed by atoms with E-state index in [1.54, 1.807) is 11.3 Å². The quantitative estimate of drug-likeness (QED) is 0.752. The van der Waals surface area contributed by atoms with Gasteiger partial charge in [0.1, 0.15) is 0 Å². The molecule has 2 heterocycles. The topological polar surface area (TPSA) is 37.8 Å². The van der Waals surface area contributed by atoms with E-state index in [4.69, 9.17) is 9.97 Å². The van der Waals surface area contributed by atoms with Gasteiger partial charge in [0.05, 0.1) is 4.88 Å². The van der Waals surface area contributed by atoms with Crippen LogP contribution >= 0.6 is 11.3 Å². The summed E-state index contributed by atoms with van der Waals surface area (Å²) in [5, 5.41) is 5.56. The number of thiophene rings is 1. The Morgan fingerprint density at radius 1 is 1.05 bits per heavy atom. The zero-order valence-corrected chi connectivity index (χ0v) is 14.1. The smallest absolute Gasteiger partial charge is 0.169 e. The molecule has 0 fully saturated rings. The van der Waals surface area contributed by atoms with Crippen LogP contribution in [0.1, 0.15) is 44.1 Å². The third kappa shape index (κ3) is 4.11. The van der Waals surface area contributed by atoms with Crippen molar-refractivity contribution in [2.45, 2.75) is 46.5 Å². The molecule has 2 rings (SSSR count). The second kappa shape index (κ2) is 8.25. The first-order valence-corrected chi connectivity index (χ1v) is 8.81. The fourth-order valence-electron chi connectivity index (χ4n) is 2.49. The molecule has 0 aliphatic heterocycles. The lowest BCUT2D eigenvalue weighted by molar-refractivity contribution is 0.663. The Hall–Kier alpha value is -1.26. The first kappa shape index (κ1) is 16.1. The summed E-state index contributed by atoms with van der Waals surface area (Å²) in [6.45, 7) is 8.65. The largest absolute Gasteiger partial charge is 0.316 e. The Kier molecular flexibility index (Phi) is 6.33. The molecule has 0 aliphatic rings. The lowest BCUT2D eigenvalue weighted by Crippen LogP contribution is -2.20. The van der Waals surface area contributed by atoms with Crippen LogP contribution in [-0.2, 0) is 19.3 Å². The van der Waals surface area contributed by atoms with Crippen molar-refractivity contribution in [3.63, 3.8) is 0 Å². The van der Waals surface area contributed by atoms with E-state index in [2.05, 4.69) is 43.6 Å². The molecule has 21 heavy (non-hydrogen) atoms. The summed E-state index contributed by atoms with van der Waals surface area (Å²) in [6.07, 6.45) is 4.14. The van der Waals surface area contributed by atoms with Crippen molar-refractivity contribution in [1.82, 2.24) is 15.3 Å². The average Bonchev–Trinajstić information content (AvgIpc) is 3.05. The van der Waals surface area contributed by atoms with Gasteiger partial charge in [0.15, 0.2) is 5.82 Å². The average molecular weight is 303 g/mol. The fourth-order valence-corrected chi connectivity index (χ4v) is 3.14. The van der Waals surface area contributed by atoms with Gasteiger partial charge in [-0.1, -0.05) is 26.8 Å². The number of nitrogens with one attached hydrogen (secondary N) is 1. The van der Waals surface area contributed by atoms with Crippen molar-refractivity contribution in [1.29, 1.82) is 0 Å². The standard InChI is InChI=1S/C17H25N3S/c1-4-10-18-11-9-13-14(5-2)19-17(20-15(13)6-3)16-8-7-12-21-16/h7-8,12,18H,4-6,9-11H2,1-3H3. The van der Waals surface area contributed by atoms with Crippen LogP contribution in [0.3, 0.4) is 0 Å². The van der Waals surface area contributed by atoms with Crippen molar-refractivity contribution in [2.75, 3.05) is 13.1 Å². The summed E-state index contributed by atoms with van der Waals surface area (Å²) < 4.78 is 0. The number of hydrogen-bond donors (Lipinski definition) is 1. The van der Waals surface area contributed by atoms with Gasteiger partial charge in [0.25, 0.3) is 0 Å². The van der Waals surface area contributed by atoms with Gasteiger partial charge >= 0.3 is 0 Å². The normalized spacial score (nSPS) is 11.0. The second-order valence-electron chi connectivity index (χ2n) is 5.10. The summed E-state index contributed by atoms with van der Waals surface area (Å²) in [5.41, 5.74) is 3.77. The van der Waals surface area contributed by atoms with E-state index in [1.807, 2.05) is 0 Å². The molecule has 0 saturated heterocycles. The van der Waals surface area contributed by atoms with Gasteiger partial charge in [0, 0.05) is 11.4 Å². The van der Waals surface area contributed by atoms with E-state index in [1.165, 1.54) is 23.4 Å². The zero-order chi connectivity index (χ0) is 15.1. The van der Waals surface area contributed by atoms with Gasteiger partial charge in [-0.15, -0.1) is 11.3 Å². The van der Waals surface area contributed by atoms with E-state index in [0.29, 0.717) is 0 Å². The lowest BCUT2D eigenvalue weighted by atomic mass is 10.0. The van der Waals surface area contributed by atoms with E-state index in [-0.39, 0.29) is 0 Å². The first-order chi connectivity index (χ1) is 10.3. The zero-order valence-electron chi connectivity index (χ0n) is 13.3. The summed E-state index contributed by atoms with van der Waals surface area (Å²) >= 11 is 1.71. The van der Waals surface area contributed by atoms with Gasteiger partial charge in [0.2, 0.25) is 0 Å². The molecule has 0 radical (unpaired) electrons. The predicted octanol–water partition coefficient (Wildman–Crippen LogP) is 3.87. The molecule has 0 bridgehead atoms. The highest BCUT2D eigenvalue weighted by molar-refractivity contribution is 7.13. The molecule has 0 spiro atoms. The van der Waals surface area contributed by atoms with Crippen molar-refractivity contribution in [2.24, 2.45) is 0 Å². The van der Waals surface area contributed by atoms with Crippen LogP contribution in [0.5, 0.6) is 0 Å². The first-order valence-electron chi connectivity index (χ1n) is 7.93. The Morgan fingerprint density at radius 3 is 2.29 bits per heavy atom. The Labute approximate surface area is 131 Å². The van der Waals surface area contributed by atoms with E-state index in [9.17, 15) is 0 Å². The van der Waals surface area contributed by atoms with Crippen molar-refractivity contribution < 1.29 is 0 Å². The third-order valence-corrected chi connectivity index (χ3v) is 4.43. The van der Waals surface area contributed by atoms with Crippen LogP contribution in [0.15, 0.2) is 17.5 Å². The van der Waals surface area contributed by atoms with Crippen LogP contribution < -0.4 is 5.32 Å². The van der Waals surface area contributed by atoms with Crippen molar-refractivity contribution in [3.8, 4) is 10.7 Å². The Bertz CT molecular complexity index is 524. The maximum atomic E-state index is 4.81. The van der Waals surface area contributed by atoms with Crippen molar-refractivity contribution >= 4 is 11.3 Å². The van der Waals surface area contributed by atoms with Gasteiger partial charge in [-0.3, -0.25) is 0 Å². The third-order valence-electron chi connectivity index (χ3n) is 3.57. The van der Waals surface area contributed by atoms with Crippen LogP contribution in [0.2, 0.25) is 0 Å². The Balaban J connectivity index is 2.26. The predicted molar refractivity (Wildman–Crippen MR) is 91.0 cm³/mol. The summed E-state index contributed by atoms with van der Waals surface area (Å²) in [4.78, 5) is 10.8. The van der Waals surface area contributed by atoms with E-state index in [0.717, 1.165) is 43.1 Å². The number of aromatic nitrogens is 2. The lowest BCUT2D eigenvalue weighted by Gasteiger charge is -2.14. The summed E-state index contributed by atoms with van der Waals surface area (Å²) in [5.74, 6) is 0.893. The maximum absolute atomic E-state index is 4.81. The SMILES string of the molecule is CCCNCCc1c(CC)nc(-c2cccs2)nc1CC. The Morgan fingerprint density at radius 2 is 1.76 bits per heavy atom. The molecule has 0 aromatic carbocycles. The molecule has 2 aromatic rings. The molecule has 0 atom stereocenters.